The summed E-state index contributed by atoms with van der Waals surface area (Å²) < 4.78 is 11.4. The fraction of sp³-hybridized carbons (Fsp3) is 0.150. The van der Waals surface area contributed by atoms with Crippen LogP contribution in [-0.2, 0) is 15.6 Å². The number of rotatable bonds is 5. The topological polar surface area (TPSA) is 54.4 Å². The zero-order valence-corrected chi connectivity index (χ0v) is 14.1. The number of benzene rings is 2. The predicted molar refractivity (Wildman–Crippen MR) is 98.2 cm³/mol. The van der Waals surface area contributed by atoms with E-state index in [2.05, 4.69) is 0 Å². The molecular weight excluding hydrogens is 320 g/mol. The van der Waals surface area contributed by atoms with E-state index in [0.29, 0.717) is 0 Å². The van der Waals surface area contributed by atoms with Crippen LogP contribution >= 0.6 is 0 Å². The minimum Gasteiger partial charge on any atom is -0.481 e. The monoisotopic (exact) mass is 338 g/mol. The second-order valence-electron chi connectivity index (χ2n) is 5.77. The Kier molecular flexibility index (Phi) is 4.76. The van der Waals surface area contributed by atoms with Gasteiger partial charge in [-0.2, -0.15) is 0 Å². The molecule has 0 amide bonds. The Morgan fingerprint density at radius 3 is 2.58 bits per heavy atom. The van der Waals surface area contributed by atoms with Gasteiger partial charge in [-0.25, -0.2) is 0 Å². The van der Waals surface area contributed by atoms with Gasteiger partial charge in [-0.05, 0) is 34.4 Å². The van der Waals surface area contributed by atoms with Gasteiger partial charge in [0.25, 0.3) is 0 Å². The molecule has 0 radical (unpaired) electrons. The maximum absolute atomic E-state index is 11.4. The number of carboxylic acids is 1. The van der Waals surface area contributed by atoms with E-state index >= 15 is 0 Å². The molecule has 1 N–H and O–H groups in total. The van der Waals surface area contributed by atoms with Crippen LogP contribution in [0.25, 0.3) is 18.2 Å². The van der Waals surface area contributed by atoms with Crippen molar-refractivity contribution < 1.29 is 14.1 Å². The van der Waals surface area contributed by atoms with Gasteiger partial charge in [0.2, 0.25) is 0 Å². The van der Waals surface area contributed by atoms with E-state index in [0.717, 1.165) is 27.1 Å². The molecule has 3 rings (SSSR count). The fourth-order valence-electron chi connectivity index (χ4n) is 2.90. The van der Waals surface area contributed by atoms with Crippen LogP contribution in [-0.4, -0.2) is 21.5 Å². The van der Waals surface area contributed by atoms with Crippen molar-refractivity contribution in [2.75, 3.05) is 6.26 Å². The first kappa shape index (κ1) is 16.4. The largest absolute Gasteiger partial charge is 0.481 e. The highest BCUT2D eigenvalue weighted by Gasteiger charge is 2.20. The summed E-state index contributed by atoms with van der Waals surface area (Å²) in [5, 5.41) is 9.01. The Morgan fingerprint density at radius 2 is 1.92 bits per heavy atom. The van der Waals surface area contributed by atoms with Gasteiger partial charge in [0.1, 0.15) is 0 Å². The average molecular weight is 338 g/mol. The second-order valence-corrected chi connectivity index (χ2v) is 7.15. The van der Waals surface area contributed by atoms with E-state index in [4.69, 9.17) is 5.11 Å². The van der Waals surface area contributed by atoms with E-state index in [1.54, 1.807) is 6.26 Å². The van der Waals surface area contributed by atoms with E-state index in [1.807, 2.05) is 66.8 Å². The lowest BCUT2D eigenvalue weighted by molar-refractivity contribution is -0.137. The molecule has 2 atom stereocenters. The zero-order chi connectivity index (χ0) is 17.1. The minimum absolute atomic E-state index is 0.0512. The lowest BCUT2D eigenvalue weighted by Crippen LogP contribution is -2.02. The van der Waals surface area contributed by atoms with Crippen LogP contribution in [0.2, 0.25) is 0 Å². The number of carboxylic acid groups (broad SMARTS) is 1. The van der Waals surface area contributed by atoms with Crippen molar-refractivity contribution in [1.29, 1.82) is 0 Å². The van der Waals surface area contributed by atoms with Crippen LogP contribution in [0.15, 0.2) is 53.4 Å². The van der Waals surface area contributed by atoms with Crippen molar-refractivity contribution in [1.82, 2.24) is 0 Å². The quantitative estimate of drug-likeness (QED) is 0.832. The smallest absolute Gasteiger partial charge is 0.304 e. The van der Waals surface area contributed by atoms with Crippen molar-refractivity contribution in [3.63, 3.8) is 0 Å². The van der Waals surface area contributed by atoms with Crippen LogP contribution in [0.5, 0.6) is 0 Å². The zero-order valence-electron chi connectivity index (χ0n) is 13.3. The first-order valence-electron chi connectivity index (χ1n) is 7.69. The van der Waals surface area contributed by atoms with Gasteiger partial charge in [0, 0.05) is 27.9 Å². The van der Waals surface area contributed by atoms with E-state index in [1.165, 1.54) is 0 Å². The molecule has 2 unspecified atom stereocenters. The molecule has 2 aromatic rings. The van der Waals surface area contributed by atoms with Gasteiger partial charge < -0.3 is 5.11 Å². The maximum Gasteiger partial charge on any atom is 0.304 e. The Bertz CT molecular complexity index is 848. The minimum atomic E-state index is -0.967. The van der Waals surface area contributed by atoms with E-state index in [-0.39, 0.29) is 12.3 Å². The molecule has 0 fully saturated rings. The fourth-order valence-corrected chi connectivity index (χ4v) is 3.42. The first-order valence-corrected chi connectivity index (χ1v) is 9.25. The summed E-state index contributed by atoms with van der Waals surface area (Å²) in [6.45, 7) is 0. The summed E-state index contributed by atoms with van der Waals surface area (Å²) in [6.07, 6.45) is 9.79. The molecule has 2 aromatic carbocycles. The highest BCUT2D eigenvalue weighted by atomic mass is 32.2. The molecule has 1 aliphatic rings. The van der Waals surface area contributed by atoms with Crippen molar-refractivity contribution in [2.24, 2.45) is 0 Å². The Labute approximate surface area is 143 Å². The van der Waals surface area contributed by atoms with Gasteiger partial charge >= 0.3 is 5.97 Å². The van der Waals surface area contributed by atoms with E-state index in [9.17, 15) is 9.00 Å². The third-order valence-corrected chi connectivity index (χ3v) is 5.07. The third-order valence-electron chi connectivity index (χ3n) is 4.13. The summed E-state index contributed by atoms with van der Waals surface area (Å²) in [4.78, 5) is 11.8. The van der Waals surface area contributed by atoms with Crippen molar-refractivity contribution in [3.05, 3.63) is 70.8 Å². The Hall–Kier alpha value is -2.46. The van der Waals surface area contributed by atoms with Crippen LogP contribution in [0.4, 0.5) is 0 Å². The third kappa shape index (κ3) is 3.54. The van der Waals surface area contributed by atoms with Crippen molar-refractivity contribution in [2.45, 2.75) is 17.2 Å². The highest BCUT2D eigenvalue weighted by Crippen LogP contribution is 2.35. The maximum atomic E-state index is 11.4. The summed E-state index contributed by atoms with van der Waals surface area (Å²) in [5.74, 6) is -0.837. The molecule has 0 spiro atoms. The van der Waals surface area contributed by atoms with E-state index < -0.39 is 16.8 Å². The van der Waals surface area contributed by atoms with Gasteiger partial charge in [-0.15, -0.1) is 0 Å². The first-order chi connectivity index (χ1) is 11.5. The van der Waals surface area contributed by atoms with Crippen LogP contribution in [0.3, 0.4) is 0 Å². The number of hydrogen-bond acceptors (Lipinski definition) is 2. The van der Waals surface area contributed by atoms with Crippen LogP contribution in [0, 0.1) is 0 Å². The molecule has 3 nitrogen and oxygen atoms in total. The Morgan fingerprint density at radius 1 is 1.17 bits per heavy atom. The number of carbonyl (C=O) groups is 1. The molecule has 122 valence electrons. The normalized spacial score (nSPS) is 17.1. The average Bonchev–Trinajstić information content (AvgIpc) is 2.96. The standard InChI is InChI=1S/C20H18O3S/c1-24(23)17-10-6-14(7-11-17)5-8-15-3-2-4-18-16(13-20(21)22)9-12-19(15)18/h2-12,16H,13H2,1H3,(H,21,22). The number of aliphatic carboxylic acids is 1. The van der Waals surface area contributed by atoms with Gasteiger partial charge in [-0.3, -0.25) is 9.00 Å². The predicted octanol–water partition coefficient (Wildman–Crippen LogP) is 4.18. The molecule has 24 heavy (non-hydrogen) atoms. The SMILES string of the molecule is CS(=O)c1ccc(C=Cc2cccc3c2C=CC3CC(=O)O)cc1. The molecule has 4 heteroatoms. The van der Waals surface area contributed by atoms with Gasteiger partial charge in [0.15, 0.2) is 0 Å². The number of allylic oxidation sites excluding steroid dienone is 1. The molecule has 0 saturated heterocycles. The second kappa shape index (κ2) is 6.97. The summed E-state index contributed by atoms with van der Waals surface area (Å²) in [7, 11) is -0.967. The number of hydrogen-bond donors (Lipinski definition) is 1. The lowest BCUT2D eigenvalue weighted by Gasteiger charge is -2.09. The van der Waals surface area contributed by atoms with Crippen molar-refractivity contribution in [3.8, 4) is 0 Å². The molecular formula is C20H18O3S. The molecule has 0 saturated carbocycles. The summed E-state index contributed by atoms with van der Waals surface area (Å²) in [6, 6.07) is 13.6. The highest BCUT2D eigenvalue weighted by molar-refractivity contribution is 7.84. The molecule has 0 heterocycles. The van der Waals surface area contributed by atoms with Crippen LogP contribution < -0.4 is 0 Å². The molecule has 1 aliphatic carbocycles. The lowest BCUT2D eigenvalue weighted by atomic mass is 9.95. The number of fused-ring (bicyclic) bond motifs is 1. The van der Waals surface area contributed by atoms with Crippen LogP contribution in [0.1, 0.15) is 34.6 Å². The summed E-state index contributed by atoms with van der Waals surface area (Å²) in [5.41, 5.74) is 4.26. The summed E-state index contributed by atoms with van der Waals surface area (Å²) >= 11 is 0. The molecule has 0 bridgehead atoms. The van der Waals surface area contributed by atoms with Crippen molar-refractivity contribution >= 4 is 35.0 Å². The van der Waals surface area contributed by atoms with Gasteiger partial charge in [0.05, 0.1) is 6.42 Å². The molecule has 0 aliphatic heterocycles. The molecule has 0 aromatic heterocycles. The Balaban J connectivity index is 1.84. The van der Waals surface area contributed by atoms with Gasteiger partial charge in [-0.1, -0.05) is 54.6 Å².